The lowest BCUT2D eigenvalue weighted by Crippen LogP contribution is -2.11. The number of rotatable bonds is 18. The normalized spacial score (nSPS) is 11.9. The molecule has 5 heteroatoms. The molecule has 4 nitrogen and oxygen atoms in total. The molecule has 140 valence electrons. The molecule has 0 atom stereocenters. The van der Waals surface area contributed by atoms with Crippen molar-refractivity contribution in [1.82, 2.24) is 0 Å². The molecule has 0 rings (SSSR count). The largest absolute Gasteiger partial charge is 0.380 e. The van der Waals surface area contributed by atoms with Crippen LogP contribution in [0.15, 0.2) is 0 Å². The lowest BCUT2D eigenvalue weighted by atomic mass is 10.0. The van der Waals surface area contributed by atoms with Crippen LogP contribution in [-0.2, 0) is 14.9 Å². The SMILES string of the molecule is CCCCCCCCCCCCCCCCOCCS(=O)(=O)O. The molecule has 0 unspecified atom stereocenters. The fourth-order valence-electron chi connectivity index (χ4n) is 2.66. The average molecular weight is 351 g/mol. The first-order chi connectivity index (χ1) is 11.1. The van der Waals surface area contributed by atoms with Crippen LogP contribution in [0.25, 0.3) is 0 Å². The number of unbranched alkanes of at least 4 members (excludes halogenated alkanes) is 13. The Kier molecular flexibility index (Phi) is 16.6. The molecule has 0 spiro atoms. The minimum Gasteiger partial charge on any atom is -0.380 e. The summed E-state index contributed by atoms with van der Waals surface area (Å²) in [7, 11) is -3.87. The molecule has 0 aromatic rings. The molecule has 0 fully saturated rings. The van der Waals surface area contributed by atoms with E-state index in [0.717, 1.165) is 12.8 Å². The smallest absolute Gasteiger partial charge is 0.267 e. The Morgan fingerprint density at radius 2 is 1.04 bits per heavy atom. The molecule has 0 bridgehead atoms. The van der Waals surface area contributed by atoms with Crippen LogP contribution in [-0.4, -0.2) is 31.9 Å². The first-order valence-electron chi connectivity index (χ1n) is 9.59. The Balaban J connectivity index is 3.03. The van der Waals surface area contributed by atoms with Crippen LogP contribution < -0.4 is 0 Å². The van der Waals surface area contributed by atoms with E-state index in [0.29, 0.717) is 6.61 Å². The summed E-state index contributed by atoms with van der Waals surface area (Å²) in [5, 5.41) is 0. The summed E-state index contributed by atoms with van der Waals surface area (Å²) in [6, 6.07) is 0. The molecule has 0 amide bonds. The van der Waals surface area contributed by atoms with Crippen molar-refractivity contribution in [3.05, 3.63) is 0 Å². The van der Waals surface area contributed by atoms with Gasteiger partial charge in [-0.2, -0.15) is 8.42 Å². The van der Waals surface area contributed by atoms with Crippen molar-refractivity contribution in [2.45, 2.75) is 96.8 Å². The van der Waals surface area contributed by atoms with Gasteiger partial charge in [-0.3, -0.25) is 4.55 Å². The van der Waals surface area contributed by atoms with Crippen LogP contribution >= 0.6 is 0 Å². The first-order valence-corrected chi connectivity index (χ1v) is 11.2. The topological polar surface area (TPSA) is 63.6 Å². The van der Waals surface area contributed by atoms with E-state index in [1.807, 2.05) is 0 Å². The average Bonchev–Trinajstić information content (AvgIpc) is 2.49. The molecular weight excluding hydrogens is 312 g/mol. The van der Waals surface area contributed by atoms with Crippen LogP contribution in [0.1, 0.15) is 96.8 Å². The van der Waals surface area contributed by atoms with Crippen molar-refractivity contribution < 1.29 is 17.7 Å². The fourth-order valence-corrected chi connectivity index (χ4v) is 2.99. The molecule has 0 aliphatic rings. The first kappa shape index (κ1) is 22.9. The molecule has 0 aromatic heterocycles. The molecular formula is C18H38O4S. The highest BCUT2D eigenvalue weighted by Crippen LogP contribution is 2.12. The van der Waals surface area contributed by atoms with Crippen molar-refractivity contribution in [1.29, 1.82) is 0 Å². The van der Waals surface area contributed by atoms with Crippen molar-refractivity contribution in [3.63, 3.8) is 0 Å². The Bertz CT molecular complexity index is 328. The third kappa shape index (κ3) is 21.9. The predicted molar refractivity (Wildman–Crippen MR) is 97.5 cm³/mol. The van der Waals surface area contributed by atoms with Gasteiger partial charge in [0.1, 0.15) is 0 Å². The molecule has 0 saturated carbocycles. The minimum absolute atomic E-state index is 0.0945. The minimum atomic E-state index is -3.87. The Hall–Kier alpha value is -0.130. The Morgan fingerprint density at radius 3 is 1.43 bits per heavy atom. The zero-order valence-corrected chi connectivity index (χ0v) is 15.9. The molecule has 0 aromatic carbocycles. The standard InChI is InChI=1S/C18H38O4S/c1-2-3-4-5-6-7-8-9-10-11-12-13-14-15-16-22-17-18-23(19,20)21/h2-18H2,1H3,(H,19,20,21). The summed E-state index contributed by atoms with van der Waals surface area (Å²) in [6.45, 7) is 2.95. The highest BCUT2D eigenvalue weighted by Gasteiger charge is 2.03. The molecule has 0 saturated heterocycles. The number of ether oxygens (including phenoxy) is 1. The monoisotopic (exact) mass is 350 g/mol. The van der Waals surface area contributed by atoms with Crippen molar-refractivity contribution in [3.8, 4) is 0 Å². The summed E-state index contributed by atoms with van der Waals surface area (Å²) in [6.07, 6.45) is 18.5. The summed E-state index contributed by atoms with van der Waals surface area (Å²) >= 11 is 0. The number of hydrogen-bond acceptors (Lipinski definition) is 3. The van der Waals surface area contributed by atoms with Crippen molar-refractivity contribution in [2.24, 2.45) is 0 Å². The van der Waals surface area contributed by atoms with E-state index in [4.69, 9.17) is 9.29 Å². The van der Waals surface area contributed by atoms with Gasteiger partial charge in [0.2, 0.25) is 0 Å². The van der Waals surface area contributed by atoms with Crippen LogP contribution in [0.3, 0.4) is 0 Å². The molecule has 0 radical (unpaired) electrons. The molecule has 0 aliphatic carbocycles. The molecule has 23 heavy (non-hydrogen) atoms. The molecule has 1 N–H and O–H groups in total. The maximum atomic E-state index is 10.5. The zero-order valence-electron chi connectivity index (χ0n) is 15.1. The quantitative estimate of drug-likeness (QED) is 0.266. The second kappa shape index (κ2) is 16.7. The van der Waals surface area contributed by atoms with Crippen LogP contribution in [0.2, 0.25) is 0 Å². The summed E-state index contributed by atoms with van der Waals surface area (Å²) in [4.78, 5) is 0. The van der Waals surface area contributed by atoms with E-state index < -0.39 is 10.1 Å². The van der Waals surface area contributed by atoms with Gasteiger partial charge in [-0.25, -0.2) is 0 Å². The van der Waals surface area contributed by atoms with E-state index in [1.165, 1.54) is 77.0 Å². The van der Waals surface area contributed by atoms with Gasteiger partial charge in [0.05, 0.1) is 12.4 Å². The van der Waals surface area contributed by atoms with E-state index in [9.17, 15) is 8.42 Å². The van der Waals surface area contributed by atoms with Gasteiger partial charge in [-0.05, 0) is 6.42 Å². The fraction of sp³-hybridized carbons (Fsp3) is 1.00. The zero-order chi connectivity index (χ0) is 17.2. The maximum Gasteiger partial charge on any atom is 0.267 e. The van der Waals surface area contributed by atoms with Gasteiger partial charge >= 0.3 is 0 Å². The molecule has 0 aliphatic heterocycles. The second-order valence-corrected chi connectivity index (χ2v) is 8.07. The van der Waals surface area contributed by atoms with Crippen molar-refractivity contribution in [2.75, 3.05) is 19.0 Å². The van der Waals surface area contributed by atoms with Crippen LogP contribution in [0, 0.1) is 0 Å². The van der Waals surface area contributed by atoms with Gasteiger partial charge in [-0.15, -0.1) is 0 Å². The van der Waals surface area contributed by atoms with Crippen LogP contribution in [0.4, 0.5) is 0 Å². The van der Waals surface area contributed by atoms with E-state index in [-0.39, 0.29) is 12.4 Å². The lowest BCUT2D eigenvalue weighted by molar-refractivity contribution is 0.143. The van der Waals surface area contributed by atoms with Crippen LogP contribution in [0.5, 0.6) is 0 Å². The highest BCUT2D eigenvalue weighted by molar-refractivity contribution is 7.85. The van der Waals surface area contributed by atoms with E-state index >= 15 is 0 Å². The predicted octanol–water partition coefficient (Wildman–Crippen LogP) is 5.37. The highest BCUT2D eigenvalue weighted by atomic mass is 32.2. The van der Waals surface area contributed by atoms with Crippen molar-refractivity contribution >= 4 is 10.1 Å². The Morgan fingerprint density at radius 1 is 0.652 bits per heavy atom. The number of hydrogen-bond donors (Lipinski definition) is 1. The van der Waals surface area contributed by atoms with E-state index in [2.05, 4.69) is 6.92 Å². The second-order valence-electron chi connectivity index (χ2n) is 6.49. The lowest BCUT2D eigenvalue weighted by Gasteiger charge is -2.04. The van der Waals surface area contributed by atoms with Gasteiger partial charge in [0, 0.05) is 6.61 Å². The summed E-state index contributed by atoms with van der Waals surface area (Å²) in [5.41, 5.74) is 0. The van der Waals surface area contributed by atoms with Gasteiger partial charge in [0.25, 0.3) is 10.1 Å². The third-order valence-corrected chi connectivity index (χ3v) is 4.81. The maximum absolute atomic E-state index is 10.5. The third-order valence-electron chi connectivity index (χ3n) is 4.13. The summed E-state index contributed by atoms with van der Waals surface area (Å²) < 4.78 is 34.6. The Labute approximate surface area is 144 Å². The van der Waals surface area contributed by atoms with E-state index in [1.54, 1.807) is 0 Å². The summed E-state index contributed by atoms with van der Waals surface area (Å²) in [5.74, 6) is -0.300. The molecule has 0 heterocycles. The van der Waals surface area contributed by atoms with Gasteiger partial charge < -0.3 is 4.74 Å². The van der Waals surface area contributed by atoms with Gasteiger partial charge in [-0.1, -0.05) is 90.4 Å². The van der Waals surface area contributed by atoms with Gasteiger partial charge in [0.15, 0.2) is 0 Å².